The first kappa shape index (κ1) is 20.1. The number of pyridine rings is 1. The highest BCUT2D eigenvalue weighted by molar-refractivity contribution is 6.04. The number of carbonyl (C=O) groups excluding carboxylic acids is 3. The number of amides is 3. The number of alkyl halides is 3. The molecule has 1 N–H and O–H groups in total. The molecule has 1 aromatic rings. The lowest BCUT2D eigenvalue weighted by atomic mass is 9.93. The smallest absolute Gasteiger partial charge is 0.417 e. The number of likely N-dealkylation sites (tertiary alicyclic amines) is 1. The van der Waals surface area contributed by atoms with Gasteiger partial charge in [0, 0.05) is 31.1 Å². The number of ether oxygens (including phenoxy) is 1. The molecule has 7 nitrogen and oxygen atoms in total. The minimum absolute atomic E-state index is 0.0966. The van der Waals surface area contributed by atoms with Crippen molar-refractivity contribution in [2.24, 2.45) is 0 Å². The van der Waals surface area contributed by atoms with Gasteiger partial charge >= 0.3 is 6.18 Å². The number of carbonyl (C=O) groups is 3. The Kier molecular flexibility index (Phi) is 5.85. The number of nitrogens with one attached hydrogen (secondary N) is 1. The minimum atomic E-state index is -4.44. The van der Waals surface area contributed by atoms with Crippen LogP contribution in [0, 0.1) is 0 Å². The molecule has 0 bridgehead atoms. The van der Waals surface area contributed by atoms with Gasteiger partial charge in [0.2, 0.25) is 23.6 Å². The van der Waals surface area contributed by atoms with Crippen LogP contribution in [-0.2, 0) is 20.6 Å². The van der Waals surface area contributed by atoms with Gasteiger partial charge in [0.15, 0.2) is 0 Å². The van der Waals surface area contributed by atoms with Crippen LogP contribution in [0.4, 0.5) is 13.2 Å². The van der Waals surface area contributed by atoms with Crippen LogP contribution in [0.3, 0.4) is 0 Å². The largest absolute Gasteiger partial charge is 0.474 e. The maximum Gasteiger partial charge on any atom is 0.417 e. The lowest BCUT2D eigenvalue weighted by Gasteiger charge is -2.29. The number of nitrogens with zero attached hydrogens (tertiary/aromatic N) is 2. The van der Waals surface area contributed by atoms with Crippen LogP contribution in [0.25, 0.3) is 0 Å². The summed E-state index contributed by atoms with van der Waals surface area (Å²) in [5, 5.41) is 2.81. The van der Waals surface area contributed by atoms with E-state index in [4.69, 9.17) is 4.74 Å². The lowest BCUT2D eigenvalue weighted by molar-refractivity contribution is -0.142. The summed E-state index contributed by atoms with van der Waals surface area (Å²) in [7, 11) is 0. The summed E-state index contributed by atoms with van der Waals surface area (Å²) in [6.07, 6.45) is -1.14. The maximum absolute atomic E-state index is 12.5. The van der Waals surface area contributed by atoms with Crippen molar-refractivity contribution >= 4 is 17.7 Å². The van der Waals surface area contributed by atoms with Gasteiger partial charge in [-0.05, 0) is 31.7 Å². The predicted molar refractivity (Wildman–Crippen MR) is 90.0 cm³/mol. The van der Waals surface area contributed by atoms with Crippen molar-refractivity contribution in [3.8, 4) is 5.88 Å². The Morgan fingerprint density at radius 2 is 1.79 bits per heavy atom. The van der Waals surface area contributed by atoms with E-state index in [0.29, 0.717) is 25.7 Å². The van der Waals surface area contributed by atoms with Crippen LogP contribution in [0.2, 0.25) is 0 Å². The molecule has 3 rings (SSSR count). The molecule has 28 heavy (non-hydrogen) atoms. The highest BCUT2D eigenvalue weighted by atomic mass is 19.4. The Bertz CT molecular complexity index is 727. The summed E-state index contributed by atoms with van der Waals surface area (Å²) < 4.78 is 43.2. The zero-order chi connectivity index (χ0) is 20.3. The number of imide groups is 1. The second-order valence-electron chi connectivity index (χ2n) is 6.92. The Morgan fingerprint density at radius 1 is 1.14 bits per heavy atom. The van der Waals surface area contributed by atoms with E-state index in [1.165, 1.54) is 6.07 Å². The first-order chi connectivity index (χ1) is 13.2. The maximum atomic E-state index is 12.5. The molecule has 10 heteroatoms. The molecule has 1 aromatic heterocycles. The Labute approximate surface area is 159 Å². The van der Waals surface area contributed by atoms with Gasteiger partial charge in [0.1, 0.15) is 12.6 Å². The normalized spacial score (nSPS) is 23.0. The molecule has 2 aliphatic rings. The highest BCUT2D eigenvalue weighted by Gasteiger charge is 2.32. The molecule has 0 aromatic carbocycles. The van der Waals surface area contributed by atoms with Crippen molar-refractivity contribution in [2.75, 3.05) is 6.54 Å². The van der Waals surface area contributed by atoms with E-state index in [2.05, 4.69) is 10.3 Å². The van der Waals surface area contributed by atoms with E-state index >= 15 is 0 Å². The third-order valence-electron chi connectivity index (χ3n) is 4.85. The number of hydrogen-bond donors (Lipinski definition) is 1. The molecule has 1 saturated heterocycles. The molecule has 0 radical (unpaired) electrons. The summed E-state index contributed by atoms with van der Waals surface area (Å²) in [4.78, 5) is 39.8. The van der Waals surface area contributed by atoms with Gasteiger partial charge < -0.3 is 10.1 Å². The van der Waals surface area contributed by atoms with Crippen molar-refractivity contribution < 1.29 is 32.3 Å². The number of halogens is 3. The molecule has 1 saturated carbocycles. The first-order valence-corrected chi connectivity index (χ1v) is 9.05. The highest BCUT2D eigenvalue weighted by Crippen LogP contribution is 2.30. The molecule has 0 spiro atoms. The van der Waals surface area contributed by atoms with Crippen molar-refractivity contribution in [3.63, 3.8) is 0 Å². The van der Waals surface area contributed by atoms with Gasteiger partial charge in [-0.1, -0.05) is 0 Å². The van der Waals surface area contributed by atoms with Gasteiger partial charge in [-0.2, -0.15) is 13.2 Å². The fourth-order valence-corrected chi connectivity index (χ4v) is 3.33. The van der Waals surface area contributed by atoms with E-state index in [-0.39, 0.29) is 55.1 Å². The summed E-state index contributed by atoms with van der Waals surface area (Å²) in [5.41, 5.74) is -0.832. The van der Waals surface area contributed by atoms with Crippen LogP contribution in [-0.4, -0.2) is 46.3 Å². The third-order valence-corrected chi connectivity index (χ3v) is 4.85. The van der Waals surface area contributed by atoms with Crippen molar-refractivity contribution in [2.45, 2.75) is 56.8 Å². The van der Waals surface area contributed by atoms with Crippen LogP contribution >= 0.6 is 0 Å². The quantitative estimate of drug-likeness (QED) is 0.766. The van der Waals surface area contributed by atoms with E-state index in [0.717, 1.165) is 17.2 Å². The fourth-order valence-electron chi connectivity index (χ4n) is 3.33. The minimum Gasteiger partial charge on any atom is -0.474 e. The van der Waals surface area contributed by atoms with E-state index in [1.807, 2.05) is 0 Å². The molecule has 1 aliphatic heterocycles. The van der Waals surface area contributed by atoms with E-state index in [1.54, 1.807) is 0 Å². The molecule has 3 amide bonds. The van der Waals surface area contributed by atoms with Crippen LogP contribution in [0.15, 0.2) is 18.3 Å². The monoisotopic (exact) mass is 399 g/mol. The zero-order valence-electron chi connectivity index (χ0n) is 15.0. The molecule has 0 atom stereocenters. The Hall–Kier alpha value is -2.65. The van der Waals surface area contributed by atoms with Gasteiger partial charge in [0.25, 0.3) is 0 Å². The fraction of sp³-hybridized carbons (Fsp3) is 0.556. The van der Waals surface area contributed by atoms with Crippen LogP contribution < -0.4 is 10.1 Å². The first-order valence-electron chi connectivity index (χ1n) is 9.05. The summed E-state index contributed by atoms with van der Waals surface area (Å²) in [6, 6.07) is 2.02. The standard InChI is InChI=1S/C18H20F3N3O4/c19-18(20,21)11-1-6-15(22-9-11)28-13-4-2-12(3-5-13)23-14(25)10-24-16(26)7-8-17(24)27/h1,6,9,12-13H,2-5,7-8,10H2,(H,23,25). The lowest BCUT2D eigenvalue weighted by Crippen LogP contribution is -2.45. The van der Waals surface area contributed by atoms with Crippen molar-refractivity contribution in [3.05, 3.63) is 23.9 Å². The van der Waals surface area contributed by atoms with Gasteiger partial charge in [-0.3, -0.25) is 19.3 Å². The average Bonchev–Trinajstić information content (AvgIpc) is 2.95. The van der Waals surface area contributed by atoms with Gasteiger partial charge in [-0.15, -0.1) is 0 Å². The topological polar surface area (TPSA) is 88.6 Å². The Morgan fingerprint density at radius 3 is 2.32 bits per heavy atom. The number of aromatic nitrogens is 1. The van der Waals surface area contributed by atoms with E-state index in [9.17, 15) is 27.6 Å². The average molecular weight is 399 g/mol. The molecule has 152 valence electrons. The summed E-state index contributed by atoms with van der Waals surface area (Å²) >= 11 is 0. The molecule has 2 heterocycles. The number of hydrogen-bond acceptors (Lipinski definition) is 5. The zero-order valence-corrected chi connectivity index (χ0v) is 15.0. The van der Waals surface area contributed by atoms with Crippen molar-refractivity contribution in [1.29, 1.82) is 0 Å². The molecule has 2 fully saturated rings. The van der Waals surface area contributed by atoms with Gasteiger partial charge in [-0.25, -0.2) is 4.98 Å². The number of rotatable bonds is 5. The second-order valence-corrected chi connectivity index (χ2v) is 6.92. The van der Waals surface area contributed by atoms with Gasteiger partial charge in [0.05, 0.1) is 5.56 Å². The predicted octanol–water partition coefficient (Wildman–Crippen LogP) is 2.06. The van der Waals surface area contributed by atoms with Crippen molar-refractivity contribution in [1.82, 2.24) is 15.2 Å². The molecule has 0 unspecified atom stereocenters. The van der Waals surface area contributed by atoms with Crippen LogP contribution in [0.1, 0.15) is 44.1 Å². The molecular weight excluding hydrogens is 379 g/mol. The summed E-state index contributed by atoms with van der Waals surface area (Å²) in [6.45, 7) is -0.260. The SMILES string of the molecule is O=C(CN1C(=O)CCC1=O)NC1CCC(Oc2ccc(C(F)(F)F)cn2)CC1. The molecule has 1 aliphatic carbocycles. The second kappa shape index (κ2) is 8.15. The van der Waals surface area contributed by atoms with Crippen LogP contribution in [0.5, 0.6) is 5.88 Å². The Balaban J connectivity index is 1.42. The third kappa shape index (κ3) is 4.99. The van der Waals surface area contributed by atoms with E-state index < -0.39 is 11.7 Å². The summed E-state index contributed by atoms with van der Waals surface area (Å²) in [5.74, 6) is -0.911. The molecular formula is C18H20F3N3O4.